The Kier molecular flexibility index (Phi) is 6.86. The summed E-state index contributed by atoms with van der Waals surface area (Å²) in [5, 5.41) is 11.7. The predicted molar refractivity (Wildman–Crippen MR) is 123 cm³/mol. The van der Waals surface area contributed by atoms with Crippen molar-refractivity contribution in [3.8, 4) is 11.4 Å². The normalized spacial score (nSPS) is 14.3. The molecule has 3 aromatic rings. The number of nitrogens with zero attached hydrogens (tertiary/aromatic N) is 4. The van der Waals surface area contributed by atoms with Crippen molar-refractivity contribution in [1.82, 2.24) is 14.8 Å². The molecule has 0 spiro atoms. The molecule has 1 aliphatic heterocycles. The van der Waals surface area contributed by atoms with Crippen molar-refractivity contribution >= 4 is 29.0 Å². The van der Waals surface area contributed by atoms with Crippen LogP contribution in [-0.4, -0.2) is 39.5 Å². The molecule has 2 aromatic carbocycles. The largest absolute Gasteiger partial charge is 0.372 e. The number of halogens is 1. The van der Waals surface area contributed by atoms with E-state index in [0.29, 0.717) is 16.5 Å². The molecule has 6 nitrogen and oxygen atoms in total. The maximum absolute atomic E-state index is 14.0. The Hall–Kier alpha value is -2.87. The van der Waals surface area contributed by atoms with Crippen LogP contribution in [0.4, 0.5) is 15.8 Å². The summed E-state index contributed by atoms with van der Waals surface area (Å²) >= 11 is 1.27. The highest BCUT2D eigenvalue weighted by Gasteiger charge is 2.16. The lowest BCUT2D eigenvalue weighted by atomic mass is 10.2. The number of aromatic nitrogens is 3. The zero-order chi connectivity index (χ0) is 21.6. The van der Waals surface area contributed by atoms with Crippen molar-refractivity contribution in [2.45, 2.75) is 30.8 Å². The van der Waals surface area contributed by atoms with E-state index in [2.05, 4.69) is 32.5 Å². The zero-order valence-electron chi connectivity index (χ0n) is 17.6. The number of anilines is 2. The third-order valence-electron chi connectivity index (χ3n) is 5.40. The lowest BCUT2D eigenvalue weighted by molar-refractivity contribution is -0.113. The summed E-state index contributed by atoms with van der Waals surface area (Å²) in [6.07, 6.45) is 5.07. The minimum absolute atomic E-state index is 0.122. The van der Waals surface area contributed by atoms with Crippen LogP contribution in [0.1, 0.15) is 25.7 Å². The molecule has 1 fully saturated rings. The number of thioether (sulfide) groups is 1. The van der Waals surface area contributed by atoms with Gasteiger partial charge in [-0.2, -0.15) is 0 Å². The van der Waals surface area contributed by atoms with Crippen molar-refractivity contribution in [3.63, 3.8) is 0 Å². The molecule has 2 heterocycles. The lowest BCUT2D eigenvalue weighted by Crippen LogP contribution is -2.23. The van der Waals surface area contributed by atoms with Crippen LogP contribution < -0.4 is 10.2 Å². The Bertz CT molecular complexity index is 1030. The molecule has 31 heavy (non-hydrogen) atoms. The molecule has 8 heteroatoms. The first-order valence-electron chi connectivity index (χ1n) is 10.5. The summed E-state index contributed by atoms with van der Waals surface area (Å²) < 4.78 is 15.7. The van der Waals surface area contributed by atoms with Crippen LogP contribution in [0, 0.1) is 5.82 Å². The van der Waals surface area contributed by atoms with Crippen molar-refractivity contribution in [2.24, 2.45) is 7.05 Å². The molecule has 1 amide bonds. The summed E-state index contributed by atoms with van der Waals surface area (Å²) in [6, 6.07) is 14.5. The molecule has 1 saturated heterocycles. The van der Waals surface area contributed by atoms with E-state index in [-0.39, 0.29) is 17.5 Å². The summed E-state index contributed by atoms with van der Waals surface area (Å²) in [6.45, 7) is 2.18. The van der Waals surface area contributed by atoms with Gasteiger partial charge in [-0.25, -0.2) is 4.39 Å². The molecule has 1 aromatic heterocycles. The summed E-state index contributed by atoms with van der Waals surface area (Å²) in [5.74, 6) is 0.154. The fraction of sp³-hybridized carbons (Fsp3) is 0.348. The van der Waals surface area contributed by atoms with Gasteiger partial charge in [0.2, 0.25) is 5.91 Å². The monoisotopic (exact) mass is 439 g/mol. The summed E-state index contributed by atoms with van der Waals surface area (Å²) in [5.41, 5.74) is 2.36. The Morgan fingerprint density at radius 2 is 1.74 bits per heavy atom. The Balaban J connectivity index is 1.33. The van der Waals surface area contributed by atoms with E-state index in [1.54, 1.807) is 29.8 Å². The van der Waals surface area contributed by atoms with Gasteiger partial charge < -0.3 is 14.8 Å². The van der Waals surface area contributed by atoms with Crippen LogP contribution in [0.5, 0.6) is 0 Å². The molecule has 1 N–H and O–H groups in total. The third-order valence-corrected chi connectivity index (χ3v) is 6.42. The maximum atomic E-state index is 14.0. The van der Waals surface area contributed by atoms with Gasteiger partial charge in [-0.3, -0.25) is 4.79 Å². The number of hydrogen-bond acceptors (Lipinski definition) is 5. The van der Waals surface area contributed by atoms with Crippen LogP contribution >= 0.6 is 11.8 Å². The number of nitrogens with one attached hydrogen (secondary N) is 1. The van der Waals surface area contributed by atoms with Crippen LogP contribution in [0.2, 0.25) is 0 Å². The first-order valence-corrected chi connectivity index (χ1v) is 11.5. The smallest absolute Gasteiger partial charge is 0.234 e. The van der Waals surface area contributed by atoms with Crippen LogP contribution in [-0.2, 0) is 11.8 Å². The second-order valence-electron chi connectivity index (χ2n) is 7.63. The number of benzene rings is 2. The van der Waals surface area contributed by atoms with Crippen LogP contribution in [0.15, 0.2) is 53.7 Å². The molecule has 0 radical (unpaired) electrons. The zero-order valence-corrected chi connectivity index (χ0v) is 18.4. The first-order chi connectivity index (χ1) is 15.1. The van der Waals surface area contributed by atoms with Gasteiger partial charge in [0.1, 0.15) is 5.82 Å². The van der Waals surface area contributed by atoms with Gasteiger partial charge in [-0.15, -0.1) is 10.2 Å². The standard InChI is InChI=1S/C23H26FN5OS/c1-28-22(19-8-4-5-9-20(19)24)26-27-23(28)31-16-21(30)25-17-10-12-18(13-11-17)29-14-6-2-3-7-15-29/h4-5,8-13H,2-3,6-7,14-16H2,1H3,(H,25,30). The highest BCUT2D eigenvalue weighted by molar-refractivity contribution is 7.99. The van der Waals surface area contributed by atoms with Crippen molar-refractivity contribution < 1.29 is 9.18 Å². The molecule has 1 aliphatic rings. The molecular weight excluding hydrogens is 413 g/mol. The van der Waals surface area contributed by atoms with E-state index in [1.807, 2.05) is 12.1 Å². The second kappa shape index (κ2) is 9.96. The van der Waals surface area contributed by atoms with E-state index in [1.165, 1.54) is 49.2 Å². The van der Waals surface area contributed by atoms with Crippen LogP contribution in [0.25, 0.3) is 11.4 Å². The first kappa shape index (κ1) is 21.4. The fourth-order valence-electron chi connectivity index (χ4n) is 3.73. The Morgan fingerprint density at radius 3 is 2.45 bits per heavy atom. The summed E-state index contributed by atoms with van der Waals surface area (Å²) in [7, 11) is 1.77. The summed E-state index contributed by atoms with van der Waals surface area (Å²) in [4.78, 5) is 14.8. The van der Waals surface area contributed by atoms with E-state index in [0.717, 1.165) is 18.8 Å². The predicted octanol–water partition coefficient (Wildman–Crippen LogP) is 4.73. The van der Waals surface area contributed by atoms with Gasteiger partial charge in [0.15, 0.2) is 11.0 Å². The van der Waals surface area contributed by atoms with Gasteiger partial charge in [-0.05, 0) is 49.2 Å². The van der Waals surface area contributed by atoms with Crippen molar-refractivity contribution in [3.05, 3.63) is 54.3 Å². The van der Waals surface area contributed by atoms with Gasteiger partial charge in [0.25, 0.3) is 0 Å². The molecule has 0 atom stereocenters. The van der Waals surface area contributed by atoms with E-state index < -0.39 is 0 Å². The molecule has 0 bridgehead atoms. The van der Waals surface area contributed by atoms with Gasteiger partial charge in [0, 0.05) is 31.5 Å². The van der Waals surface area contributed by atoms with Crippen molar-refractivity contribution in [2.75, 3.05) is 29.1 Å². The molecule has 0 unspecified atom stereocenters. The fourth-order valence-corrected chi connectivity index (χ4v) is 4.44. The molecule has 0 aliphatic carbocycles. The maximum Gasteiger partial charge on any atom is 0.234 e. The molecular formula is C23H26FN5OS. The van der Waals surface area contributed by atoms with E-state index in [4.69, 9.17) is 0 Å². The average Bonchev–Trinajstić information content (AvgIpc) is 2.96. The second-order valence-corrected chi connectivity index (χ2v) is 8.57. The van der Waals surface area contributed by atoms with Crippen molar-refractivity contribution in [1.29, 1.82) is 0 Å². The molecule has 162 valence electrons. The minimum atomic E-state index is -0.351. The number of carbonyl (C=O) groups excluding carboxylic acids is 1. The van der Waals surface area contributed by atoms with E-state index >= 15 is 0 Å². The van der Waals surface area contributed by atoms with Gasteiger partial charge in [0.05, 0.1) is 11.3 Å². The number of carbonyl (C=O) groups is 1. The average molecular weight is 440 g/mol. The van der Waals surface area contributed by atoms with E-state index in [9.17, 15) is 9.18 Å². The van der Waals surface area contributed by atoms with Crippen LogP contribution in [0.3, 0.4) is 0 Å². The third kappa shape index (κ3) is 5.25. The number of rotatable bonds is 6. The lowest BCUT2D eigenvalue weighted by Gasteiger charge is -2.22. The Labute approximate surface area is 185 Å². The SMILES string of the molecule is Cn1c(SCC(=O)Nc2ccc(N3CCCCCC3)cc2)nnc1-c1ccccc1F. The van der Waals surface area contributed by atoms with Gasteiger partial charge in [-0.1, -0.05) is 36.7 Å². The molecule has 4 rings (SSSR count). The number of hydrogen-bond donors (Lipinski definition) is 1. The Morgan fingerprint density at radius 1 is 1.03 bits per heavy atom. The molecule has 0 saturated carbocycles. The highest BCUT2D eigenvalue weighted by atomic mass is 32.2. The minimum Gasteiger partial charge on any atom is -0.372 e. The number of amides is 1. The topological polar surface area (TPSA) is 63.1 Å². The highest BCUT2D eigenvalue weighted by Crippen LogP contribution is 2.25. The quantitative estimate of drug-likeness (QED) is 0.563. The van der Waals surface area contributed by atoms with Gasteiger partial charge >= 0.3 is 0 Å².